The molecule has 0 fully saturated rings. The molecule has 0 bridgehead atoms. The number of carbonyl (C=O) groups is 2. The van der Waals surface area contributed by atoms with Gasteiger partial charge in [0, 0.05) is 19.5 Å². The van der Waals surface area contributed by atoms with Crippen LogP contribution in [-0.4, -0.2) is 32.0 Å². The first-order chi connectivity index (χ1) is 12.1. The van der Waals surface area contributed by atoms with E-state index in [0.29, 0.717) is 32.4 Å². The highest BCUT2D eigenvalue weighted by atomic mass is 16.5. The Morgan fingerprint density at radius 2 is 2.00 bits per heavy atom. The van der Waals surface area contributed by atoms with Gasteiger partial charge in [-0.15, -0.1) is 0 Å². The van der Waals surface area contributed by atoms with E-state index in [1.165, 1.54) is 6.26 Å². The lowest BCUT2D eigenvalue weighted by Gasteiger charge is -2.10. The molecule has 6 heteroatoms. The fourth-order valence-corrected chi connectivity index (χ4v) is 2.47. The van der Waals surface area contributed by atoms with Crippen molar-refractivity contribution in [3.05, 3.63) is 53.5 Å². The number of hydrogen-bond donors (Lipinski definition) is 2. The molecule has 25 heavy (non-hydrogen) atoms. The van der Waals surface area contributed by atoms with E-state index in [2.05, 4.69) is 16.7 Å². The molecule has 0 saturated carbocycles. The molecular formula is C19H24N2O4. The summed E-state index contributed by atoms with van der Waals surface area (Å²) in [4.78, 5) is 23.5. The summed E-state index contributed by atoms with van der Waals surface area (Å²) in [5.41, 5.74) is 2.24. The molecular weight excluding hydrogens is 320 g/mol. The lowest BCUT2D eigenvalue weighted by molar-refractivity contribution is -0.121. The zero-order valence-corrected chi connectivity index (χ0v) is 14.6. The van der Waals surface area contributed by atoms with Crippen molar-refractivity contribution in [1.29, 1.82) is 0 Å². The minimum atomic E-state index is -0.267. The highest BCUT2D eigenvalue weighted by Crippen LogP contribution is 2.19. The second-order valence-corrected chi connectivity index (χ2v) is 5.75. The van der Waals surface area contributed by atoms with E-state index >= 15 is 0 Å². The van der Waals surface area contributed by atoms with E-state index in [-0.39, 0.29) is 17.6 Å². The fourth-order valence-electron chi connectivity index (χ4n) is 2.47. The molecule has 2 amide bonds. The lowest BCUT2D eigenvalue weighted by atomic mass is 10.1. The predicted octanol–water partition coefficient (Wildman–Crippen LogP) is 2.47. The van der Waals surface area contributed by atoms with Crippen LogP contribution in [0.4, 0.5) is 0 Å². The van der Waals surface area contributed by atoms with Crippen molar-refractivity contribution in [2.24, 2.45) is 0 Å². The number of ether oxygens (including phenoxy) is 1. The van der Waals surface area contributed by atoms with E-state index in [0.717, 1.165) is 16.9 Å². The highest BCUT2D eigenvalue weighted by Gasteiger charge is 2.08. The standard InChI is InChI=1S/C19H24N2O4/c1-14-7-8-16(24-2)15(13-14)9-11-20-18(22)6-3-10-21-19(23)17-5-4-12-25-17/h4-5,7-8,12-13H,3,6,9-11H2,1-2H3,(H,20,22)(H,21,23). The summed E-state index contributed by atoms with van der Waals surface area (Å²) in [6, 6.07) is 9.26. The minimum absolute atomic E-state index is 0.0288. The van der Waals surface area contributed by atoms with Crippen LogP contribution in [0.15, 0.2) is 41.0 Å². The van der Waals surface area contributed by atoms with Gasteiger partial charge in [0.25, 0.3) is 5.91 Å². The first kappa shape index (κ1) is 18.6. The Balaban J connectivity index is 1.63. The molecule has 0 saturated heterocycles. The van der Waals surface area contributed by atoms with Crippen molar-refractivity contribution in [3.8, 4) is 5.75 Å². The zero-order chi connectivity index (χ0) is 18.1. The van der Waals surface area contributed by atoms with Gasteiger partial charge in [-0.1, -0.05) is 17.7 Å². The van der Waals surface area contributed by atoms with Gasteiger partial charge < -0.3 is 19.8 Å². The number of carbonyl (C=O) groups excluding carboxylic acids is 2. The Labute approximate surface area is 147 Å². The van der Waals surface area contributed by atoms with Crippen LogP contribution in [0, 0.1) is 6.92 Å². The van der Waals surface area contributed by atoms with Gasteiger partial charge in [-0.2, -0.15) is 0 Å². The normalized spacial score (nSPS) is 10.3. The molecule has 0 aliphatic heterocycles. The monoisotopic (exact) mass is 344 g/mol. The summed E-state index contributed by atoms with van der Waals surface area (Å²) in [6.07, 6.45) is 3.10. The first-order valence-corrected chi connectivity index (χ1v) is 8.32. The fraction of sp³-hybridized carbons (Fsp3) is 0.368. The molecule has 2 aromatic rings. The summed E-state index contributed by atoms with van der Waals surface area (Å²) in [5, 5.41) is 5.61. The van der Waals surface area contributed by atoms with Crippen LogP contribution in [-0.2, 0) is 11.2 Å². The van der Waals surface area contributed by atoms with Gasteiger partial charge in [-0.25, -0.2) is 0 Å². The quantitative estimate of drug-likeness (QED) is 0.685. The maximum absolute atomic E-state index is 11.9. The van der Waals surface area contributed by atoms with Crippen molar-refractivity contribution < 1.29 is 18.7 Å². The molecule has 1 aromatic carbocycles. The van der Waals surface area contributed by atoms with Crippen molar-refractivity contribution in [1.82, 2.24) is 10.6 Å². The van der Waals surface area contributed by atoms with Crippen LogP contribution in [0.1, 0.15) is 34.5 Å². The second-order valence-electron chi connectivity index (χ2n) is 5.75. The van der Waals surface area contributed by atoms with Gasteiger partial charge >= 0.3 is 0 Å². The van der Waals surface area contributed by atoms with E-state index in [4.69, 9.17) is 9.15 Å². The van der Waals surface area contributed by atoms with Crippen molar-refractivity contribution in [3.63, 3.8) is 0 Å². The smallest absolute Gasteiger partial charge is 0.286 e. The molecule has 2 N–H and O–H groups in total. The van der Waals surface area contributed by atoms with E-state index in [1.54, 1.807) is 19.2 Å². The Bertz CT molecular complexity index is 695. The third-order valence-corrected chi connectivity index (χ3v) is 3.76. The maximum atomic E-state index is 11.9. The molecule has 1 aromatic heterocycles. The Morgan fingerprint density at radius 3 is 2.72 bits per heavy atom. The van der Waals surface area contributed by atoms with Crippen molar-refractivity contribution >= 4 is 11.8 Å². The maximum Gasteiger partial charge on any atom is 0.286 e. The summed E-state index contributed by atoms with van der Waals surface area (Å²) >= 11 is 0. The molecule has 0 spiro atoms. The largest absolute Gasteiger partial charge is 0.496 e. The summed E-state index contributed by atoms with van der Waals surface area (Å²) < 4.78 is 10.3. The third kappa shape index (κ3) is 5.99. The SMILES string of the molecule is COc1ccc(C)cc1CCNC(=O)CCCNC(=O)c1ccco1. The molecule has 0 aliphatic rings. The number of benzene rings is 1. The summed E-state index contributed by atoms with van der Waals surface area (Å²) in [5.74, 6) is 0.813. The molecule has 0 unspecified atom stereocenters. The summed E-state index contributed by atoms with van der Waals surface area (Å²) in [6.45, 7) is 3.01. The van der Waals surface area contributed by atoms with Gasteiger partial charge in [-0.3, -0.25) is 9.59 Å². The number of nitrogens with one attached hydrogen (secondary N) is 2. The van der Waals surface area contributed by atoms with E-state index in [9.17, 15) is 9.59 Å². The van der Waals surface area contributed by atoms with Crippen LogP contribution in [0.5, 0.6) is 5.75 Å². The van der Waals surface area contributed by atoms with Crippen molar-refractivity contribution in [2.45, 2.75) is 26.2 Å². The van der Waals surface area contributed by atoms with Crippen LogP contribution in [0.3, 0.4) is 0 Å². The van der Waals surface area contributed by atoms with Crippen LogP contribution in [0.25, 0.3) is 0 Å². The predicted molar refractivity (Wildman–Crippen MR) is 94.7 cm³/mol. The van der Waals surface area contributed by atoms with Gasteiger partial charge in [-0.05, 0) is 43.5 Å². The lowest BCUT2D eigenvalue weighted by Crippen LogP contribution is -2.28. The Morgan fingerprint density at radius 1 is 1.16 bits per heavy atom. The van der Waals surface area contributed by atoms with Crippen molar-refractivity contribution in [2.75, 3.05) is 20.2 Å². The molecule has 0 atom stereocenters. The number of aryl methyl sites for hydroxylation is 1. The van der Waals surface area contributed by atoms with Crippen LogP contribution in [0.2, 0.25) is 0 Å². The zero-order valence-electron chi connectivity index (χ0n) is 14.6. The van der Waals surface area contributed by atoms with E-state index < -0.39 is 0 Å². The Hall–Kier alpha value is -2.76. The molecule has 0 aliphatic carbocycles. The average molecular weight is 344 g/mol. The van der Waals surface area contributed by atoms with Gasteiger partial charge in [0.2, 0.25) is 5.91 Å². The molecule has 0 radical (unpaired) electrons. The van der Waals surface area contributed by atoms with Gasteiger partial charge in [0.15, 0.2) is 5.76 Å². The first-order valence-electron chi connectivity index (χ1n) is 8.32. The number of rotatable bonds is 9. The minimum Gasteiger partial charge on any atom is -0.496 e. The topological polar surface area (TPSA) is 80.6 Å². The van der Waals surface area contributed by atoms with Gasteiger partial charge in [0.05, 0.1) is 13.4 Å². The second kappa shape index (κ2) is 9.52. The van der Waals surface area contributed by atoms with Crippen LogP contribution < -0.4 is 15.4 Å². The molecule has 1 heterocycles. The number of hydrogen-bond acceptors (Lipinski definition) is 4. The van der Waals surface area contributed by atoms with E-state index in [1.807, 2.05) is 19.1 Å². The third-order valence-electron chi connectivity index (χ3n) is 3.76. The highest BCUT2D eigenvalue weighted by molar-refractivity contribution is 5.91. The molecule has 6 nitrogen and oxygen atoms in total. The number of methoxy groups -OCH3 is 1. The van der Waals surface area contributed by atoms with Crippen LogP contribution >= 0.6 is 0 Å². The number of amides is 2. The molecule has 134 valence electrons. The number of furan rings is 1. The average Bonchev–Trinajstić information content (AvgIpc) is 3.13. The summed E-state index contributed by atoms with van der Waals surface area (Å²) in [7, 11) is 1.64. The molecule has 2 rings (SSSR count). The van der Waals surface area contributed by atoms with Gasteiger partial charge in [0.1, 0.15) is 5.75 Å². The Kier molecular flexibility index (Phi) is 7.07.